The number of nitrogens with zero attached hydrogens (tertiary/aromatic N) is 4. The molecule has 2 aromatic rings. The Balaban J connectivity index is 2.36. The highest BCUT2D eigenvalue weighted by Gasteiger charge is 2.12. The first-order valence-corrected chi connectivity index (χ1v) is 5.79. The van der Waals surface area contributed by atoms with Gasteiger partial charge in [0.05, 0.1) is 6.10 Å². The second kappa shape index (κ2) is 4.85. The molecule has 0 bridgehead atoms. The summed E-state index contributed by atoms with van der Waals surface area (Å²) in [5, 5.41) is 17.1. The Morgan fingerprint density at radius 2 is 2.35 bits per heavy atom. The van der Waals surface area contributed by atoms with E-state index in [2.05, 4.69) is 20.4 Å². The molecule has 0 fully saturated rings. The first kappa shape index (κ1) is 12.1. The quantitative estimate of drug-likeness (QED) is 0.805. The lowest BCUT2D eigenvalue weighted by atomic mass is 10.2. The summed E-state index contributed by atoms with van der Waals surface area (Å²) >= 11 is 6.00. The van der Waals surface area contributed by atoms with Crippen LogP contribution in [0.15, 0.2) is 6.33 Å². The molecular weight excluding hydrogens is 242 g/mol. The predicted molar refractivity (Wildman–Crippen MR) is 65.3 cm³/mol. The number of rotatable bonds is 4. The SMILES string of the molecule is CCC(O)CNc1c(C)c(Cl)nc2ncnn12. The van der Waals surface area contributed by atoms with E-state index in [1.165, 1.54) is 6.33 Å². The number of hydrogen-bond donors (Lipinski definition) is 2. The van der Waals surface area contributed by atoms with Gasteiger partial charge in [-0.1, -0.05) is 18.5 Å². The maximum Gasteiger partial charge on any atom is 0.255 e. The molecule has 17 heavy (non-hydrogen) atoms. The molecule has 0 aliphatic carbocycles. The van der Waals surface area contributed by atoms with Crippen molar-refractivity contribution < 1.29 is 5.11 Å². The van der Waals surface area contributed by atoms with Crippen LogP contribution in [0.25, 0.3) is 5.78 Å². The zero-order valence-corrected chi connectivity index (χ0v) is 10.4. The normalized spacial score (nSPS) is 12.9. The lowest BCUT2D eigenvalue weighted by molar-refractivity contribution is 0.183. The van der Waals surface area contributed by atoms with E-state index in [1.54, 1.807) is 4.52 Å². The summed E-state index contributed by atoms with van der Waals surface area (Å²) in [5.74, 6) is 1.15. The van der Waals surface area contributed by atoms with Crippen LogP contribution < -0.4 is 5.32 Å². The average molecular weight is 256 g/mol. The Morgan fingerprint density at radius 1 is 1.59 bits per heavy atom. The fraction of sp³-hybridized carbons (Fsp3) is 0.500. The fourth-order valence-electron chi connectivity index (χ4n) is 1.46. The van der Waals surface area contributed by atoms with E-state index in [1.807, 2.05) is 13.8 Å². The molecule has 0 radical (unpaired) electrons. The van der Waals surface area contributed by atoms with Gasteiger partial charge in [-0.3, -0.25) is 0 Å². The highest BCUT2D eigenvalue weighted by atomic mass is 35.5. The van der Waals surface area contributed by atoms with Crippen molar-refractivity contribution in [1.82, 2.24) is 19.6 Å². The Bertz CT molecular complexity index is 527. The van der Waals surface area contributed by atoms with Gasteiger partial charge in [0.2, 0.25) is 0 Å². The van der Waals surface area contributed by atoms with Gasteiger partial charge < -0.3 is 10.4 Å². The van der Waals surface area contributed by atoms with E-state index in [-0.39, 0.29) is 0 Å². The van der Waals surface area contributed by atoms with Crippen LogP contribution in [0.4, 0.5) is 5.82 Å². The van der Waals surface area contributed by atoms with E-state index in [9.17, 15) is 5.11 Å². The molecule has 2 aromatic heterocycles. The van der Waals surface area contributed by atoms with Gasteiger partial charge in [0.25, 0.3) is 5.78 Å². The summed E-state index contributed by atoms with van der Waals surface area (Å²) in [7, 11) is 0. The second-order valence-corrected chi connectivity index (χ2v) is 4.15. The molecule has 0 aliphatic heterocycles. The molecule has 0 aromatic carbocycles. The number of hydrogen-bond acceptors (Lipinski definition) is 5. The third-order valence-corrected chi connectivity index (χ3v) is 2.95. The molecule has 92 valence electrons. The van der Waals surface area contributed by atoms with Crippen LogP contribution in [-0.2, 0) is 0 Å². The van der Waals surface area contributed by atoms with Crippen molar-refractivity contribution in [3.63, 3.8) is 0 Å². The molecule has 6 nitrogen and oxygen atoms in total. The standard InChI is InChI=1S/C10H14ClN5O/c1-3-7(17)4-12-9-6(2)8(11)15-10-13-5-14-16(9)10/h5,7,12,17H,3-4H2,1-2H3. The first-order chi connectivity index (χ1) is 8.13. The third-order valence-electron chi connectivity index (χ3n) is 2.58. The van der Waals surface area contributed by atoms with E-state index in [4.69, 9.17) is 11.6 Å². The number of aromatic nitrogens is 4. The third kappa shape index (κ3) is 2.32. The number of aliphatic hydroxyl groups is 1. The van der Waals surface area contributed by atoms with Gasteiger partial charge in [0, 0.05) is 12.1 Å². The van der Waals surface area contributed by atoms with Gasteiger partial charge in [-0.05, 0) is 13.3 Å². The summed E-state index contributed by atoms with van der Waals surface area (Å²) in [4.78, 5) is 8.08. The largest absolute Gasteiger partial charge is 0.391 e. The first-order valence-electron chi connectivity index (χ1n) is 5.41. The smallest absolute Gasteiger partial charge is 0.255 e. The zero-order valence-electron chi connectivity index (χ0n) is 9.68. The Kier molecular flexibility index (Phi) is 3.44. The number of aliphatic hydroxyl groups excluding tert-OH is 1. The molecule has 0 aliphatic rings. The van der Waals surface area contributed by atoms with Gasteiger partial charge >= 0.3 is 0 Å². The van der Waals surface area contributed by atoms with Crippen LogP contribution in [0.3, 0.4) is 0 Å². The maximum atomic E-state index is 9.55. The van der Waals surface area contributed by atoms with Crippen molar-refractivity contribution >= 4 is 23.2 Å². The number of fused-ring (bicyclic) bond motifs is 1. The van der Waals surface area contributed by atoms with Crippen molar-refractivity contribution in [3.8, 4) is 0 Å². The Hall–Kier alpha value is -1.40. The van der Waals surface area contributed by atoms with E-state index in [0.29, 0.717) is 29.7 Å². The van der Waals surface area contributed by atoms with E-state index < -0.39 is 6.10 Å². The summed E-state index contributed by atoms with van der Waals surface area (Å²) in [6.45, 7) is 4.20. The predicted octanol–water partition coefficient (Wildman–Crippen LogP) is 1.27. The molecule has 0 spiro atoms. The number of anilines is 1. The van der Waals surface area contributed by atoms with Crippen LogP contribution in [-0.4, -0.2) is 37.3 Å². The Labute approximate surface area is 104 Å². The highest BCUT2D eigenvalue weighted by molar-refractivity contribution is 6.30. The molecule has 1 unspecified atom stereocenters. The maximum absolute atomic E-state index is 9.55. The molecule has 7 heteroatoms. The van der Waals surface area contributed by atoms with Crippen LogP contribution in [0.2, 0.25) is 5.15 Å². The van der Waals surface area contributed by atoms with Crippen molar-refractivity contribution in [2.45, 2.75) is 26.4 Å². The molecule has 2 heterocycles. The topological polar surface area (TPSA) is 75.3 Å². The minimum absolute atomic E-state index is 0.388. The van der Waals surface area contributed by atoms with Crippen LogP contribution >= 0.6 is 11.6 Å². The minimum atomic E-state index is -0.403. The molecule has 1 atom stereocenters. The van der Waals surface area contributed by atoms with Crippen LogP contribution in [0.1, 0.15) is 18.9 Å². The molecule has 2 rings (SSSR count). The lowest BCUT2D eigenvalue weighted by Gasteiger charge is -2.14. The minimum Gasteiger partial charge on any atom is -0.391 e. The van der Waals surface area contributed by atoms with E-state index in [0.717, 1.165) is 5.56 Å². The summed E-state index contributed by atoms with van der Waals surface area (Å²) in [6, 6.07) is 0. The molecular formula is C10H14ClN5O. The van der Waals surface area contributed by atoms with Gasteiger partial charge in [-0.25, -0.2) is 0 Å². The second-order valence-electron chi connectivity index (χ2n) is 3.79. The average Bonchev–Trinajstić information content (AvgIpc) is 2.76. The van der Waals surface area contributed by atoms with Crippen LogP contribution in [0.5, 0.6) is 0 Å². The molecule has 0 saturated heterocycles. The van der Waals surface area contributed by atoms with E-state index >= 15 is 0 Å². The summed E-state index contributed by atoms with van der Waals surface area (Å²) in [6.07, 6.45) is 1.70. The van der Waals surface area contributed by atoms with Crippen molar-refractivity contribution in [2.75, 3.05) is 11.9 Å². The highest BCUT2D eigenvalue weighted by Crippen LogP contribution is 2.21. The fourth-order valence-corrected chi connectivity index (χ4v) is 1.63. The van der Waals surface area contributed by atoms with Gasteiger partial charge in [-0.2, -0.15) is 19.6 Å². The molecule has 0 saturated carbocycles. The van der Waals surface area contributed by atoms with Gasteiger partial charge in [-0.15, -0.1) is 0 Å². The summed E-state index contributed by atoms with van der Waals surface area (Å²) < 4.78 is 1.57. The Morgan fingerprint density at radius 3 is 3.06 bits per heavy atom. The van der Waals surface area contributed by atoms with Crippen LogP contribution in [0, 0.1) is 6.92 Å². The van der Waals surface area contributed by atoms with Crippen molar-refractivity contribution in [1.29, 1.82) is 0 Å². The summed E-state index contributed by atoms with van der Waals surface area (Å²) in [5.41, 5.74) is 0.785. The number of nitrogens with one attached hydrogen (secondary N) is 1. The molecule has 2 N–H and O–H groups in total. The van der Waals surface area contributed by atoms with Crippen molar-refractivity contribution in [2.24, 2.45) is 0 Å². The van der Waals surface area contributed by atoms with Crippen molar-refractivity contribution in [3.05, 3.63) is 17.0 Å². The zero-order chi connectivity index (χ0) is 12.4. The molecule has 0 amide bonds. The van der Waals surface area contributed by atoms with Gasteiger partial charge in [0.1, 0.15) is 17.3 Å². The lowest BCUT2D eigenvalue weighted by Crippen LogP contribution is -2.20. The number of halogens is 1. The van der Waals surface area contributed by atoms with Gasteiger partial charge in [0.15, 0.2) is 0 Å². The monoisotopic (exact) mass is 255 g/mol.